The van der Waals surface area contributed by atoms with E-state index >= 15 is 0 Å². The summed E-state index contributed by atoms with van der Waals surface area (Å²) in [4.78, 5) is 25.7. The van der Waals surface area contributed by atoms with Gasteiger partial charge in [-0.15, -0.1) is 0 Å². The molecule has 2 heterocycles. The molecule has 1 unspecified atom stereocenters. The van der Waals surface area contributed by atoms with E-state index in [1.165, 1.54) is 12.0 Å². The van der Waals surface area contributed by atoms with Gasteiger partial charge < -0.3 is 14.8 Å². The van der Waals surface area contributed by atoms with Crippen molar-refractivity contribution in [3.05, 3.63) is 42.1 Å². The molecular formula is C16H18N4O4. The number of rotatable bonds is 5. The molecule has 8 nitrogen and oxygen atoms in total. The zero-order valence-electron chi connectivity index (χ0n) is 13.4. The number of ether oxygens (including phenoxy) is 2. The fourth-order valence-corrected chi connectivity index (χ4v) is 2.58. The molecule has 0 radical (unpaired) electrons. The topological polar surface area (TPSA) is 85.7 Å². The van der Waals surface area contributed by atoms with Crippen molar-refractivity contribution in [1.29, 1.82) is 0 Å². The molecule has 2 aromatic rings. The molecule has 0 saturated carbocycles. The molecule has 0 spiro atoms. The molecule has 126 valence electrons. The molecule has 2 amide bonds. The minimum atomic E-state index is -0.449. The van der Waals surface area contributed by atoms with Crippen LogP contribution in [0.5, 0.6) is 5.75 Å². The summed E-state index contributed by atoms with van der Waals surface area (Å²) in [6, 6.07) is 8.68. The van der Waals surface area contributed by atoms with E-state index in [2.05, 4.69) is 10.4 Å². The Kier molecular flexibility index (Phi) is 4.37. The lowest BCUT2D eigenvalue weighted by molar-refractivity contribution is 0.0913. The first kappa shape index (κ1) is 15.9. The normalized spacial score (nSPS) is 16.8. The standard InChI is InChI=1S/C16H18N4O4/c1-19-14(7-8-18-19)20-10-11(24-16(20)22)9-17-15(21)12-5-3-4-6-13(12)23-2/h3-8,11H,9-10H2,1-2H3,(H,17,21). The monoisotopic (exact) mass is 330 g/mol. The van der Waals surface area contributed by atoms with Crippen LogP contribution in [-0.2, 0) is 11.8 Å². The van der Waals surface area contributed by atoms with Gasteiger partial charge in [-0.05, 0) is 12.1 Å². The van der Waals surface area contributed by atoms with Gasteiger partial charge >= 0.3 is 6.09 Å². The summed E-state index contributed by atoms with van der Waals surface area (Å²) in [7, 11) is 3.26. The Balaban J connectivity index is 1.61. The van der Waals surface area contributed by atoms with Crippen LogP contribution < -0.4 is 15.0 Å². The summed E-state index contributed by atoms with van der Waals surface area (Å²) in [5.74, 6) is 0.871. The summed E-state index contributed by atoms with van der Waals surface area (Å²) in [6.07, 6.45) is 0.737. The summed E-state index contributed by atoms with van der Waals surface area (Å²) in [5.41, 5.74) is 0.438. The van der Waals surface area contributed by atoms with Gasteiger partial charge in [-0.3, -0.25) is 14.4 Å². The smallest absolute Gasteiger partial charge is 0.416 e. The average molecular weight is 330 g/mol. The lowest BCUT2D eigenvalue weighted by Gasteiger charge is -2.13. The third-order valence-corrected chi connectivity index (χ3v) is 3.79. The van der Waals surface area contributed by atoms with Crippen molar-refractivity contribution >= 4 is 17.8 Å². The molecule has 24 heavy (non-hydrogen) atoms. The predicted molar refractivity (Wildman–Crippen MR) is 86.2 cm³/mol. The number of para-hydroxylation sites is 1. The minimum Gasteiger partial charge on any atom is -0.496 e. The van der Waals surface area contributed by atoms with E-state index in [4.69, 9.17) is 9.47 Å². The molecular weight excluding hydrogens is 312 g/mol. The Hall–Kier alpha value is -3.03. The van der Waals surface area contributed by atoms with E-state index in [1.54, 1.807) is 48.3 Å². The highest BCUT2D eigenvalue weighted by molar-refractivity contribution is 5.97. The van der Waals surface area contributed by atoms with Crippen LogP contribution in [0.15, 0.2) is 36.5 Å². The number of aryl methyl sites for hydroxylation is 1. The molecule has 8 heteroatoms. The molecule has 1 aromatic heterocycles. The van der Waals surface area contributed by atoms with Gasteiger partial charge in [0.25, 0.3) is 5.91 Å². The van der Waals surface area contributed by atoms with Crippen LogP contribution in [0.3, 0.4) is 0 Å². The quantitative estimate of drug-likeness (QED) is 0.890. The first-order chi connectivity index (χ1) is 11.6. The van der Waals surface area contributed by atoms with Gasteiger partial charge in [0.2, 0.25) is 0 Å². The first-order valence-electron chi connectivity index (χ1n) is 7.47. The van der Waals surface area contributed by atoms with Crippen molar-refractivity contribution in [2.24, 2.45) is 7.05 Å². The molecule has 1 aromatic carbocycles. The van der Waals surface area contributed by atoms with Gasteiger partial charge in [0.15, 0.2) is 0 Å². The zero-order valence-corrected chi connectivity index (χ0v) is 13.4. The number of anilines is 1. The van der Waals surface area contributed by atoms with Gasteiger partial charge in [0.05, 0.1) is 32.0 Å². The van der Waals surface area contributed by atoms with Gasteiger partial charge in [-0.1, -0.05) is 12.1 Å². The number of cyclic esters (lactones) is 1. The molecule has 0 aliphatic carbocycles. The predicted octanol–water partition coefficient (Wildman–Crippen LogP) is 1.18. The maximum atomic E-state index is 12.3. The largest absolute Gasteiger partial charge is 0.496 e. The van der Waals surface area contributed by atoms with Gasteiger partial charge in [-0.2, -0.15) is 5.10 Å². The molecule has 1 aliphatic rings. The van der Waals surface area contributed by atoms with Crippen molar-refractivity contribution in [2.45, 2.75) is 6.10 Å². The molecule has 1 aliphatic heterocycles. The van der Waals surface area contributed by atoms with E-state index < -0.39 is 12.2 Å². The zero-order chi connectivity index (χ0) is 17.1. The van der Waals surface area contributed by atoms with Gasteiger partial charge in [0, 0.05) is 13.1 Å². The molecule has 1 atom stereocenters. The van der Waals surface area contributed by atoms with Crippen LogP contribution in [0.1, 0.15) is 10.4 Å². The fraction of sp³-hybridized carbons (Fsp3) is 0.312. The number of hydrogen-bond acceptors (Lipinski definition) is 5. The van der Waals surface area contributed by atoms with Crippen LogP contribution in [0.4, 0.5) is 10.6 Å². The van der Waals surface area contributed by atoms with Crippen LogP contribution >= 0.6 is 0 Å². The fourth-order valence-electron chi connectivity index (χ4n) is 2.58. The maximum Gasteiger partial charge on any atom is 0.416 e. The highest BCUT2D eigenvalue weighted by Crippen LogP contribution is 2.21. The van der Waals surface area contributed by atoms with E-state index in [-0.39, 0.29) is 12.5 Å². The number of aromatic nitrogens is 2. The summed E-state index contributed by atoms with van der Waals surface area (Å²) >= 11 is 0. The molecule has 1 saturated heterocycles. The molecule has 1 N–H and O–H groups in total. The Bertz CT molecular complexity index is 758. The number of hydrogen-bond donors (Lipinski definition) is 1. The van der Waals surface area contributed by atoms with Crippen molar-refractivity contribution in [3.8, 4) is 5.75 Å². The van der Waals surface area contributed by atoms with E-state index in [0.29, 0.717) is 23.7 Å². The van der Waals surface area contributed by atoms with Crippen LogP contribution in [-0.4, -0.2) is 48.1 Å². The lowest BCUT2D eigenvalue weighted by Crippen LogP contribution is -2.35. The average Bonchev–Trinajstić information content (AvgIpc) is 3.17. The maximum absolute atomic E-state index is 12.3. The Morgan fingerprint density at radius 1 is 1.42 bits per heavy atom. The van der Waals surface area contributed by atoms with E-state index in [9.17, 15) is 9.59 Å². The number of amides is 2. The van der Waals surface area contributed by atoms with Crippen LogP contribution in [0, 0.1) is 0 Å². The van der Waals surface area contributed by atoms with Crippen LogP contribution in [0.2, 0.25) is 0 Å². The second kappa shape index (κ2) is 6.61. The third-order valence-electron chi connectivity index (χ3n) is 3.79. The Morgan fingerprint density at radius 2 is 2.21 bits per heavy atom. The van der Waals surface area contributed by atoms with Gasteiger partial charge in [0.1, 0.15) is 17.7 Å². The number of nitrogens with zero attached hydrogens (tertiary/aromatic N) is 3. The van der Waals surface area contributed by atoms with E-state index in [1.807, 2.05) is 0 Å². The molecule has 0 bridgehead atoms. The number of carbonyl (C=O) groups is 2. The van der Waals surface area contributed by atoms with Crippen molar-refractivity contribution in [2.75, 3.05) is 25.1 Å². The number of nitrogens with one attached hydrogen (secondary N) is 1. The number of carbonyl (C=O) groups excluding carboxylic acids is 2. The minimum absolute atomic E-state index is 0.219. The summed E-state index contributed by atoms with van der Waals surface area (Å²) < 4.78 is 12.1. The second-order valence-corrected chi connectivity index (χ2v) is 5.34. The highest BCUT2D eigenvalue weighted by Gasteiger charge is 2.34. The van der Waals surface area contributed by atoms with Gasteiger partial charge in [-0.25, -0.2) is 4.79 Å². The van der Waals surface area contributed by atoms with Crippen molar-refractivity contribution in [3.63, 3.8) is 0 Å². The first-order valence-corrected chi connectivity index (χ1v) is 7.47. The summed E-state index contributed by atoms with van der Waals surface area (Å²) in [6.45, 7) is 0.571. The molecule has 3 rings (SSSR count). The second-order valence-electron chi connectivity index (χ2n) is 5.34. The Morgan fingerprint density at radius 3 is 2.92 bits per heavy atom. The van der Waals surface area contributed by atoms with E-state index in [0.717, 1.165) is 0 Å². The highest BCUT2D eigenvalue weighted by atomic mass is 16.6. The van der Waals surface area contributed by atoms with Crippen LogP contribution in [0.25, 0.3) is 0 Å². The van der Waals surface area contributed by atoms with Crippen molar-refractivity contribution in [1.82, 2.24) is 15.1 Å². The SMILES string of the molecule is COc1ccccc1C(=O)NCC1CN(c2ccnn2C)C(=O)O1. The Labute approximate surface area is 139 Å². The lowest BCUT2D eigenvalue weighted by atomic mass is 10.2. The summed E-state index contributed by atoms with van der Waals surface area (Å²) in [5, 5.41) is 6.81. The molecule has 1 fully saturated rings. The number of methoxy groups -OCH3 is 1. The van der Waals surface area contributed by atoms with Crippen molar-refractivity contribution < 1.29 is 19.1 Å². The number of benzene rings is 1. The third kappa shape index (κ3) is 3.03.